The Morgan fingerprint density at radius 2 is 2.05 bits per heavy atom. The first-order valence-electron chi connectivity index (χ1n) is 6.52. The van der Waals surface area contributed by atoms with Crippen LogP contribution >= 0.6 is 11.3 Å². The lowest BCUT2D eigenvalue weighted by atomic mass is 10.1. The van der Waals surface area contributed by atoms with Gasteiger partial charge >= 0.3 is 0 Å². The molecule has 0 amide bonds. The van der Waals surface area contributed by atoms with Crippen LogP contribution in [0, 0.1) is 6.92 Å². The van der Waals surface area contributed by atoms with Crippen molar-refractivity contribution in [2.75, 3.05) is 13.6 Å². The highest BCUT2D eigenvalue weighted by Gasteiger charge is 2.34. The summed E-state index contributed by atoms with van der Waals surface area (Å²) in [5.74, 6) is 0. The van der Waals surface area contributed by atoms with Crippen molar-refractivity contribution in [3.05, 3.63) is 29.2 Å². The zero-order valence-electron chi connectivity index (χ0n) is 12.9. The molecule has 0 aliphatic carbocycles. The maximum atomic E-state index is 12.8. The van der Waals surface area contributed by atoms with Crippen molar-refractivity contribution < 1.29 is 8.42 Å². The Morgan fingerprint density at radius 3 is 2.50 bits per heavy atom. The van der Waals surface area contributed by atoms with Crippen molar-refractivity contribution in [3.8, 4) is 0 Å². The molecule has 1 rings (SSSR count). The Hall–Kier alpha value is -0.690. The highest BCUT2D eigenvalue weighted by atomic mass is 32.2. The molecule has 114 valence electrons. The topological polar surface area (TPSA) is 49.4 Å². The van der Waals surface area contributed by atoms with Crippen LogP contribution in [0.3, 0.4) is 0 Å². The van der Waals surface area contributed by atoms with Gasteiger partial charge in [-0.3, -0.25) is 0 Å². The third-order valence-corrected chi connectivity index (χ3v) is 6.74. The normalized spacial score (nSPS) is 12.9. The monoisotopic (exact) mass is 316 g/mol. The van der Waals surface area contributed by atoms with Crippen molar-refractivity contribution in [2.24, 2.45) is 0 Å². The average Bonchev–Trinajstić information content (AvgIpc) is 2.67. The quantitative estimate of drug-likeness (QED) is 0.821. The molecule has 0 bridgehead atoms. The van der Waals surface area contributed by atoms with Gasteiger partial charge in [-0.1, -0.05) is 6.08 Å². The first kappa shape index (κ1) is 17.4. The molecule has 0 atom stereocenters. The largest absolute Gasteiger partial charge is 0.315 e. The number of sulfonamides is 1. The smallest absolute Gasteiger partial charge is 0.253 e. The van der Waals surface area contributed by atoms with E-state index in [0.717, 1.165) is 10.4 Å². The van der Waals surface area contributed by atoms with E-state index in [1.54, 1.807) is 12.1 Å². The van der Waals surface area contributed by atoms with E-state index >= 15 is 0 Å². The molecule has 0 unspecified atom stereocenters. The standard InChI is InChI=1S/C14H24N2O2S2/c1-7-8-16(14(3,4)5)20(17,18)13-9-11(2)12(19-13)10-15-6/h7,9,15H,1,8,10H2,2-6H3. The molecule has 0 aliphatic rings. The lowest BCUT2D eigenvalue weighted by Gasteiger charge is -2.33. The summed E-state index contributed by atoms with van der Waals surface area (Å²) in [6.07, 6.45) is 1.62. The van der Waals surface area contributed by atoms with Crippen LogP contribution in [-0.2, 0) is 16.6 Å². The molecule has 0 fully saturated rings. The lowest BCUT2D eigenvalue weighted by molar-refractivity contribution is 0.270. The van der Waals surface area contributed by atoms with Gasteiger partial charge in [0.2, 0.25) is 0 Å². The highest BCUT2D eigenvalue weighted by molar-refractivity contribution is 7.91. The van der Waals surface area contributed by atoms with E-state index in [4.69, 9.17) is 0 Å². The predicted octanol–water partition coefficient (Wildman–Crippen LogP) is 2.75. The number of nitrogens with zero attached hydrogens (tertiary/aromatic N) is 1. The Balaban J connectivity index is 3.26. The van der Waals surface area contributed by atoms with E-state index < -0.39 is 15.6 Å². The van der Waals surface area contributed by atoms with Gasteiger partial charge in [0.15, 0.2) is 0 Å². The van der Waals surface area contributed by atoms with Crippen molar-refractivity contribution in [2.45, 2.75) is 44.0 Å². The van der Waals surface area contributed by atoms with Gasteiger partial charge < -0.3 is 5.32 Å². The second-order valence-electron chi connectivity index (χ2n) is 5.70. The summed E-state index contributed by atoms with van der Waals surface area (Å²) in [6, 6.07) is 1.76. The van der Waals surface area contributed by atoms with E-state index in [2.05, 4.69) is 11.9 Å². The van der Waals surface area contributed by atoms with Crippen molar-refractivity contribution in [3.63, 3.8) is 0 Å². The molecule has 1 N–H and O–H groups in total. The maximum absolute atomic E-state index is 12.8. The second kappa shape index (κ2) is 6.39. The summed E-state index contributed by atoms with van der Waals surface area (Å²) in [4.78, 5) is 1.05. The van der Waals surface area contributed by atoms with Gasteiger partial charge in [-0.05, 0) is 46.4 Å². The number of hydrogen-bond acceptors (Lipinski definition) is 4. The zero-order chi connectivity index (χ0) is 15.6. The fraction of sp³-hybridized carbons (Fsp3) is 0.571. The fourth-order valence-corrected chi connectivity index (χ4v) is 5.38. The third-order valence-electron chi connectivity index (χ3n) is 2.92. The van der Waals surface area contributed by atoms with Gasteiger partial charge in [0, 0.05) is 23.5 Å². The molecule has 0 aliphatic heterocycles. The number of aryl methyl sites for hydroxylation is 1. The summed E-state index contributed by atoms with van der Waals surface area (Å²) in [6.45, 7) is 12.3. The molecule has 1 aromatic heterocycles. The van der Waals surface area contributed by atoms with E-state index in [9.17, 15) is 8.42 Å². The summed E-state index contributed by atoms with van der Waals surface area (Å²) >= 11 is 1.33. The van der Waals surface area contributed by atoms with Gasteiger partial charge in [0.1, 0.15) is 4.21 Å². The number of hydrogen-bond donors (Lipinski definition) is 1. The molecule has 0 radical (unpaired) electrons. The van der Waals surface area contributed by atoms with Gasteiger partial charge in [-0.2, -0.15) is 4.31 Å². The highest BCUT2D eigenvalue weighted by Crippen LogP contribution is 2.31. The number of thiophene rings is 1. The Kier molecular flexibility index (Phi) is 5.54. The van der Waals surface area contributed by atoms with E-state index in [-0.39, 0.29) is 0 Å². The van der Waals surface area contributed by atoms with Crippen LogP contribution in [0.25, 0.3) is 0 Å². The Bertz CT molecular complexity index is 568. The van der Waals surface area contributed by atoms with Crippen LogP contribution in [-0.4, -0.2) is 31.9 Å². The Labute approximate surface area is 126 Å². The van der Waals surface area contributed by atoms with Gasteiger partial charge in [0.25, 0.3) is 10.0 Å². The lowest BCUT2D eigenvalue weighted by Crippen LogP contribution is -2.45. The first-order valence-corrected chi connectivity index (χ1v) is 8.78. The van der Waals surface area contributed by atoms with Crippen LogP contribution in [0.2, 0.25) is 0 Å². The maximum Gasteiger partial charge on any atom is 0.253 e. The third kappa shape index (κ3) is 3.69. The predicted molar refractivity (Wildman–Crippen MR) is 85.7 cm³/mol. The molecule has 20 heavy (non-hydrogen) atoms. The second-order valence-corrected chi connectivity index (χ2v) is 8.92. The minimum absolute atomic E-state index is 0.310. The molecule has 1 heterocycles. The molecule has 0 saturated carbocycles. The number of rotatable bonds is 6. The van der Waals surface area contributed by atoms with Crippen LogP contribution in [0.4, 0.5) is 0 Å². The average molecular weight is 316 g/mol. The van der Waals surface area contributed by atoms with E-state index in [1.807, 2.05) is 34.7 Å². The van der Waals surface area contributed by atoms with E-state index in [1.165, 1.54) is 15.6 Å². The molecule has 0 aromatic carbocycles. The van der Waals surface area contributed by atoms with Crippen LogP contribution < -0.4 is 5.32 Å². The van der Waals surface area contributed by atoms with Crippen molar-refractivity contribution >= 4 is 21.4 Å². The zero-order valence-corrected chi connectivity index (χ0v) is 14.5. The molecule has 4 nitrogen and oxygen atoms in total. The van der Waals surface area contributed by atoms with Crippen LogP contribution in [0.15, 0.2) is 22.9 Å². The molecular weight excluding hydrogens is 292 g/mol. The summed E-state index contributed by atoms with van der Waals surface area (Å²) in [5.41, 5.74) is 0.532. The Morgan fingerprint density at radius 1 is 1.45 bits per heavy atom. The van der Waals surface area contributed by atoms with Gasteiger partial charge in [-0.25, -0.2) is 8.42 Å². The van der Waals surface area contributed by atoms with Crippen molar-refractivity contribution in [1.29, 1.82) is 0 Å². The fourth-order valence-electron chi connectivity index (χ4n) is 1.91. The molecule has 0 saturated heterocycles. The minimum Gasteiger partial charge on any atom is -0.315 e. The minimum atomic E-state index is -3.49. The molecular formula is C14H24N2O2S2. The molecule has 0 spiro atoms. The summed E-state index contributed by atoms with van der Waals surface area (Å²) in [7, 11) is -1.63. The molecule has 6 heteroatoms. The van der Waals surface area contributed by atoms with Gasteiger partial charge in [0.05, 0.1) is 0 Å². The van der Waals surface area contributed by atoms with E-state index in [0.29, 0.717) is 17.3 Å². The van der Waals surface area contributed by atoms with Crippen molar-refractivity contribution in [1.82, 2.24) is 9.62 Å². The number of nitrogens with one attached hydrogen (secondary N) is 1. The molecule has 1 aromatic rings. The van der Waals surface area contributed by atoms with Crippen LogP contribution in [0.5, 0.6) is 0 Å². The van der Waals surface area contributed by atoms with Crippen LogP contribution in [0.1, 0.15) is 31.2 Å². The first-order chi connectivity index (χ1) is 9.14. The van der Waals surface area contributed by atoms with Gasteiger partial charge in [-0.15, -0.1) is 17.9 Å². The summed E-state index contributed by atoms with van der Waals surface area (Å²) < 4.78 is 27.5. The SMILES string of the molecule is C=CCN(C(C)(C)C)S(=O)(=O)c1cc(C)c(CNC)s1. The summed E-state index contributed by atoms with van der Waals surface area (Å²) in [5, 5.41) is 3.06.